The molecule has 2 N–H and O–H groups in total. The maximum absolute atomic E-state index is 12.5. The van der Waals surface area contributed by atoms with Crippen LogP contribution in [-0.2, 0) is 19.1 Å². The molecule has 34 heavy (non-hydrogen) atoms. The largest absolute Gasteiger partial charge is 0.480 e. The summed E-state index contributed by atoms with van der Waals surface area (Å²) in [5.41, 5.74) is 7.62. The average molecular weight is 495 g/mol. The van der Waals surface area contributed by atoms with Gasteiger partial charge in [0.25, 0.3) is 0 Å². The predicted molar refractivity (Wildman–Crippen MR) is 115 cm³/mol. The Hall–Kier alpha value is -2.69. The lowest BCUT2D eigenvalue weighted by molar-refractivity contribution is -0.155. The molecular formula is C21H33F3N4O6. The summed E-state index contributed by atoms with van der Waals surface area (Å²) >= 11 is 0. The number of aliphatic carboxylic acids is 1. The van der Waals surface area contributed by atoms with Crippen LogP contribution < -0.4 is 5.32 Å². The topological polar surface area (TPSA) is 151 Å². The fourth-order valence-electron chi connectivity index (χ4n) is 3.77. The van der Waals surface area contributed by atoms with Crippen molar-refractivity contribution in [3.8, 4) is 0 Å². The summed E-state index contributed by atoms with van der Waals surface area (Å²) < 4.78 is 47.9. The van der Waals surface area contributed by atoms with Crippen molar-refractivity contribution in [2.45, 2.75) is 109 Å². The minimum Gasteiger partial charge on any atom is -0.480 e. The fourth-order valence-corrected chi connectivity index (χ4v) is 3.77. The second kappa shape index (κ2) is 13.3. The predicted octanol–water partition coefficient (Wildman–Crippen LogP) is 5.26. The Kier molecular flexibility index (Phi) is 11.4. The molecule has 1 aliphatic carbocycles. The molecule has 1 saturated carbocycles. The molecule has 2 unspecified atom stereocenters. The van der Waals surface area contributed by atoms with Gasteiger partial charge in [-0.3, -0.25) is 4.79 Å². The van der Waals surface area contributed by atoms with Gasteiger partial charge in [-0.2, -0.15) is 13.2 Å². The third-order valence-corrected chi connectivity index (χ3v) is 5.28. The summed E-state index contributed by atoms with van der Waals surface area (Å²) in [6.07, 6.45) is -3.57. The molecule has 1 fully saturated rings. The fraction of sp³-hybridized carbons (Fsp3) is 0.857. The molecule has 0 aromatic carbocycles. The summed E-state index contributed by atoms with van der Waals surface area (Å²) in [4.78, 5) is 37.8. The summed E-state index contributed by atoms with van der Waals surface area (Å²) in [5.74, 6) is -1.89. The highest BCUT2D eigenvalue weighted by molar-refractivity contribution is 5.85. The number of rotatable bonds is 11. The number of carbonyl (C=O) groups is 3. The summed E-state index contributed by atoms with van der Waals surface area (Å²) in [6, 6.07) is -2.60. The van der Waals surface area contributed by atoms with Crippen molar-refractivity contribution in [3.05, 3.63) is 10.4 Å². The number of halogens is 3. The molecule has 2 atom stereocenters. The molecule has 194 valence electrons. The van der Waals surface area contributed by atoms with E-state index in [-0.39, 0.29) is 18.4 Å². The first-order valence-corrected chi connectivity index (χ1v) is 11.2. The van der Waals surface area contributed by atoms with Crippen LogP contribution in [0.15, 0.2) is 5.11 Å². The number of alkyl carbamates (subject to hydrolysis) is 1. The number of amides is 1. The molecule has 0 radical (unpaired) electrons. The number of hydrogen-bond donors (Lipinski definition) is 2. The van der Waals surface area contributed by atoms with Crippen LogP contribution in [0.3, 0.4) is 0 Å². The van der Waals surface area contributed by atoms with E-state index >= 15 is 0 Å². The zero-order valence-electron chi connectivity index (χ0n) is 19.6. The van der Waals surface area contributed by atoms with Crippen LogP contribution in [0.2, 0.25) is 0 Å². The monoisotopic (exact) mass is 494 g/mol. The molecule has 13 heteroatoms. The minimum atomic E-state index is -4.39. The Balaban J connectivity index is 2.39. The van der Waals surface area contributed by atoms with Gasteiger partial charge in [-0.15, -0.1) is 0 Å². The summed E-state index contributed by atoms with van der Waals surface area (Å²) in [6.45, 7) is 4.86. The SMILES string of the molecule is CC(C)(C)OC(=O)NC(CC(=O)OC1CCC(CCCC(CC(F)(F)F)N=[N+]=[N-])CC1)C(=O)O. The molecule has 0 saturated heterocycles. The molecule has 0 aromatic heterocycles. The highest BCUT2D eigenvalue weighted by Crippen LogP contribution is 2.31. The van der Waals surface area contributed by atoms with E-state index in [4.69, 9.17) is 15.0 Å². The molecular weight excluding hydrogens is 461 g/mol. The van der Waals surface area contributed by atoms with Crippen LogP contribution in [0.5, 0.6) is 0 Å². The van der Waals surface area contributed by atoms with Gasteiger partial charge in [-0.25, -0.2) is 9.59 Å². The van der Waals surface area contributed by atoms with Gasteiger partial charge in [-0.05, 0) is 64.3 Å². The molecule has 1 aliphatic rings. The van der Waals surface area contributed by atoms with Crippen LogP contribution in [-0.4, -0.2) is 53.1 Å². The number of azide groups is 1. The summed E-state index contributed by atoms with van der Waals surface area (Å²) in [5, 5.41) is 14.6. The van der Waals surface area contributed by atoms with Crippen molar-refractivity contribution in [1.29, 1.82) is 0 Å². The minimum absolute atomic E-state index is 0.152. The van der Waals surface area contributed by atoms with E-state index < -0.39 is 54.7 Å². The van der Waals surface area contributed by atoms with Crippen molar-refractivity contribution in [3.63, 3.8) is 0 Å². The van der Waals surface area contributed by atoms with Crippen LogP contribution >= 0.6 is 0 Å². The van der Waals surface area contributed by atoms with E-state index in [0.29, 0.717) is 38.5 Å². The Morgan fingerprint density at radius 1 is 1.18 bits per heavy atom. The average Bonchev–Trinajstić information content (AvgIpc) is 2.66. The first-order chi connectivity index (χ1) is 15.7. The number of esters is 1. The molecule has 0 aromatic rings. The van der Waals surface area contributed by atoms with Gasteiger partial charge in [-0.1, -0.05) is 18.0 Å². The normalized spacial score (nSPS) is 20.4. The lowest BCUT2D eigenvalue weighted by Gasteiger charge is -2.29. The number of nitrogens with one attached hydrogen (secondary N) is 1. The zero-order chi connectivity index (χ0) is 25.9. The van der Waals surface area contributed by atoms with E-state index in [1.165, 1.54) is 0 Å². The lowest BCUT2D eigenvalue weighted by atomic mass is 9.84. The van der Waals surface area contributed by atoms with Crippen LogP contribution in [0, 0.1) is 5.92 Å². The maximum Gasteiger partial charge on any atom is 0.408 e. The molecule has 0 spiro atoms. The second-order valence-electron chi connectivity index (χ2n) is 9.48. The first-order valence-electron chi connectivity index (χ1n) is 11.2. The van der Waals surface area contributed by atoms with Gasteiger partial charge < -0.3 is 19.9 Å². The Bertz CT molecular complexity index is 742. The van der Waals surface area contributed by atoms with Crippen molar-refractivity contribution < 1.29 is 42.1 Å². The highest BCUT2D eigenvalue weighted by atomic mass is 19.4. The molecule has 10 nitrogen and oxygen atoms in total. The quantitative estimate of drug-likeness (QED) is 0.173. The molecule has 1 rings (SSSR count). The van der Waals surface area contributed by atoms with E-state index in [0.717, 1.165) is 0 Å². The third kappa shape index (κ3) is 13.1. The van der Waals surface area contributed by atoms with E-state index in [2.05, 4.69) is 15.3 Å². The summed E-state index contributed by atoms with van der Waals surface area (Å²) in [7, 11) is 0. The van der Waals surface area contributed by atoms with E-state index in [9.17, 15) is 32.7 Å². The van der Waals surface area contributed by atoms with Gasteiger partial charge in [0, 0.05) is 11.0 Å². The van der Waals surface area contributed by atoms with Crippen LogP contribution in [0.4, 0.5) is 18.0 Å². The Morgan fingerprint density at radius 2 is 1.79 bits per heavy atom. The highest BCUT2D eigenvalue weighted by Gasteiger charge is 2.32. The maximum atomic E-state index is 12.5. The van der Waals surface area contributed by atoms with E-state index in [1.807, 2.05) is 0 Å². The number of alkyl halides is 3. The number of nitrogens with zero attached hydrogens (tertiary/aromatic N) is 3. The van der Waals surface area contributed by atoms with Gasteiger partial charge in [0.2, 0.25) is 0 Å². The number of hydrogen-bond acceptors (Lipinski definition) is 6. The smallest absolute Gasteiger partial charge is 0.408 e. The number of carboxylic acids is 1. The van der Waals surface area contributed by atoms with E-state index in [1.54, 1.807) is 20.8 Å². The standard InChI is InChI=1S/C21H33F3N4O6/c1-20(2,3)34-19(32)26-16(18(30)31)11-17(29)33-15-9-7-13(8-10-15)5-4-6-14(27-28-25)12-21(22,23)24/h13-16H,4-12H2,1-3H3,(H,26,32)(H,30,31). The third-order valence-electron chi connectivity index (χ3n) is 5.28. The van der Waals surface area contributed by atoms with Crippen LogP contribution in [0.1, 0.15) is 78.6 Å². The van der Waals surface area contributed by atoms with Gasteiger partial charge in [0.15, 0.2) is 0 Å². The molecule has 0 aliphatic heterocycles. The number of carboxylic acid groups (broad SMARTS) is 1. The zero-order valence-corrected chi connectivity index (χ0v) is 19.6. The lowest BCUT2D eigenvalue weighted by Crippen LogP contribution is -2.45. The van der Waals surface area contributed by atoms with Crippen molar-refractivity contribution in [2.24, 2.45) is 11.0 Å². The molecule has 0 heterocycles. The Labute approximate surface area is 196 Å². The first kappa shape index (κ1) is 29.3. The second-order valence-corrected chi connectivity index (χ2v) is 9.48. The van der Waals surface area contributed by atoms with Crippen molar-refractivity contribution in [2.75, 3.05) is 0 Å². The Morgan fingerprint density at radius 3 is 2.29 bits per heavy atom. The van der Waals surface area contributed by atoms with Gasteiger partial charge >= 0.3 is 24.2 Å². The van der Waals surface area contributed by atoms with Crippen LogP contribution in [0.25, 0.3) is 10.4 Å². The van der Waals surface area contributed by atoms with Gasteiger partial charge in [0.05, 0.1) is 12.8 Å². The molecule has 1 amide bonds. The number of carbonyl (C=O) groups excluding carboxylic acids is 2. The molecule has 0 bridgehead atoms. The van der Waals surface area contributed by atoms with Gasteiger partial charge in [0.1, 0.15) is 17.7 Å². The van der Waals surface area contributed by atoms with Crippen molar-refractivity contribution in [1.82, 2.24) is 5.32 Å². The van der Waals surface area contributed by atoms with Crippen molar-refractivity contribution >= 4 is 18.0 Å². The number of ether oxygens (including phenoxy) is 2.